The van der Waals surface area contributed by atoms with Crippen LogP contribution in [0.1, 0.15) is 108 Å². The molecule has 0 spiro atoms. The maximum Gasteiger partial charge on any atom is 0.224 e. The summed E-state index contributed by atoms with van der Waals surface area (Å²) in [5.41, 5.74) is 1.07. The van der Waals surface area contributed by atoms with Crippen LogP contribution in [0.4, 0.5) is 0 Å². The predicted octanol–water partition coefficient (Wildman–Crippen LogP) is 7.36. The van der Waals surface area contributed by atoms with E-state index in [2.05, 4.69) is 24.1 Å². The molecule has 1 heterocycles. The van der Waals surface area contributed by atoms with Crippen LogP contribution < -0.4 is 19.5 Å². The maximum atomic E-state index is 13.4. The van der Waals surface area contributed by atoms with Crippen LogP contribution in [0.15, 0.2) is 12.1 Å². The van der Waals surface area contributed by atoms with Crippen molar-refractivity contribution in [3.8, 4) is 17.2 Å². The molecule has 212 valence electrons. The minimum atomic E-state index is 0.0945. The van der Waals surface area contributed by atoms with E-state index in [1.807, 2.05) is 23.9 Å². The van der Waals surface area contributed by atoms with Crippen LogP contribution in [0.25, 0.3) is 0 Å². The highest BCUT2D eigenvalue weighted by molar-refractivity contribution is 7.99. The number of carbonyl (C=O) groups excluding carboxylic acids is 1. The number of ether oxygens (including phenoxy) is 3. The quantitative estimate of drug-likeness (QED) is 0.176. The van der Waals surface area contributed by atoms with E-state index < -0.39 is 0 Å². The van der Waals surface area contributed by atoms with E-state index >= 15 is 0 Å². The molecule has 1 aliphatic rings. The molecule has 1 aromatic rings. The molecule has 0 aromatic heterocycles. The number of methoxy groups -OCH3 is 3. The normalized spacial score (nSPS) is 17.1. The van der Waals surface area contributed by atoms with Crippen LogP contribution in [0.2, 0.25) is 0 Å². The van der Waals surface area contributed by atoms with Gasteiger partial charge < -0.3 is 19.1 Å². The van der Waals surface area contributed by atoms with Crippen molar-refractivity contribution in [2.24, 2.45) is 0 Å². The van der Waals surface area contributed by atoms with Crippen LogP contribution in [0.3, 0.4) is 0 Å². The third kappa shape index (κ3) is 11.0. The van der Waals surface area contributed by atoms with Gasteiger partial charge in [0.05, 0.1) is 26.7 Å². The molecule has 2 atom stereocenters. The Labute approximate surface area is 230 Å². The van der Waals surface area contributed by atoms with Crippen molar-refractivity contribution in [3.63, 3.8) is 0 Å². The number of amides is 1. The molecule has 1 N–H and O–H groups in total. The first-order valence-corrected chi connectivity index (χ1v) is 15.6. The molecule has 1 unspecified atom stereocenters. The number of carbonyl (C=O) groups is 1. The van der Waals surface area contributed by atoms with E-state index in [9.17, 15) is 4.79 Å². The summed E-state index contributed by atoms with van der Waals surface area (Å²) in [6, 6.07) is 4.16. The first kappa shape index (κ1) is 31.6. The number of hydrogen-bond donors (Lipinski definition) is 1. The van der Waals surface area contributed by atoms with Gasteiger partial charge in [-0.05, 0) is 30.5 Å². The number of hydrogen-bond acceptors (Lipinski definition) is 6. The second kappa shape index (κ2) is 18.6. The highest BCUT2D eigenvalue weighted by Crippen LogP contribution is 2.43. The lowest BCUT2D eigenvalue weighted by Gasteiger charge is -2.25. The van der Waals surface area contributed by atoms with E-state index in [1.165, 1.54) is 64.2 Å². The zero-order chi connectivity index (χ0) is 26.9. The zero-order valence-corrected chi connectivity index (χ0v) is 24.9. The fourth-order valence-electron chi connectivity index (χ4n) is 4.95. The Morgan fingerprint density at radius 2 is 1.35 bits per heavy atom. The fourth-order valence-corrected chi connectivity index (χ4v) is 6.21. The topological polar surface area (TPSA) is 60.0 Å². The maximum absolute atomic E-state index is 13.4. The van der Waals surface area contributed by atoms with Gasteiger partial charge in [-0.15, -0.1) is 11.8 Å². The van der Waals surface area contributed by atoms with Crippen molar-refractivity contribution < 1.29 is 19.0 Å². The standard InChI is InChI=1S/C30H52N2O4S/c1-6-8-10-12-14-16-18-32(19-17-15-13-11-9-7-2)28(33)22-25-23-37-30(31-25)24-20-26(34-3)29(36-5)27(21-24)35-4/h20-21,25,30-31H,6-19,22-23H2,1-5H3/t25-,30?/m1/s1. The third-order valence-electron chi connectivity index (χ3n) is 7.18. The second-order valence-electron chi connectivity index (χ2n) is 10.2. The van der Waals surface area contributed by atoms with Gasteiger partial charge >= 0.3 is 0 Å². The average molecular weight is 537 g/mol. The first-order valence-electron chi connectivity index (χ1n) is 14.5. The van der Waals surface area contributed by atoms with Gasteiger partial charge in [-0.1, -0.05) is 78.1 Å². The van der Waals surface area contributed by atoms with Gasteiger partial charge in [0.25, 0.3) is 0 Å². The van der Waals surface area contributed by atoms with Gasteiger partial charge in [0.2, 0.25) is 11.7 Å². The number of rotatable bonds is 20. The van der Waals surface area contributed by atoms with E-state index in [1.54, 1.807) is 21.3 Å². The predicted molar refractivity (Wildman–Crippen MR) is 156 cm³/mol. The van der Waals surface area contributed by atoms with Gasteiger partial charge in [0, 0.05) is 31.3 Å². The molecule has 7 heteroatoms. The summed E-state index contributed by atoms with van der Waals surface area (Å²) in [5.74, 6) is 3.12. The van der Waals surface area contributed by atoms with Crippen LogP contribution in [-0.2, 0) is 4.79 Å². The monoisotopic (exact) mass is 536 g/mol. The molecule has 6 nitrogen and oxygen atoms in total. The number of benzene rings is 1. The highest BCUT2D eigenvalue weighted by atomic mass is 32.2. The Balaban J connectivity index is 1.92. The average Bonchev–Trinajstić information content (AvgIpc) is 3.38. The van der Waals surface area contributed by atoms with Crippen LogP contribution in [-0.4, -0.2) is 57.0 Å². The molecule has 0 bridgehead atoms. The summed E-state index contributed by atoms with van der Waals surface area (Å²) in [5, 5.41) is 3.77. The molecule has 1 saturated heterocycles. The first-order chi connectivity index (χ1) is 18.1. The summed E-state index contributed by atoms with van der Waals surface area (Å²) in [6.45, 7) is 6.30. The van der Waals surface area contributed by atoms with Gasteiger partial charge in [0.1, 0.15) is 0 Å². The third-order valence-corrected chi connectivity index (χ3v) is 8.51. The van der Waals surface area contributed by atoms with Gasteiger partial charge in [-0.25, -0.2) is 0 Å². The minimum Gasteiger partial charge on any atom is -0.493 e. The van der Waals surface area contributed by atoms with Gasteiger partial charge in [0.15, 0.2) is 11.5 Å². The van der Waals surface area contributed by atoms with E-state index in [0.29, 0.717) is 29.6 Å². The molecule has 1 fully saturated rings. The Morgan fingerprint density at radius 1 is 0.838 bits per heavy atom. The smallest absolute Gasteiger partial charge is 0.224 e. The van der Waals surface area contributed by atoms with Crippen molar-refractivity contribution in [1.29, 1.82) is 0 Å². The molecule has 1 aliphatic heterocycles. The van der Waals surface area contributed by atoms with Crippen LogP contribution in [0, 0.1) is 0 Å². The van der Waals surface area contributed by atoms with Crippen LogP contribution in [0.5, 0.6) is 17.2 Å². The van der Waals surface area contributed by atoms with Crippen molar-refractivity contribution in [2.45, 2.75) is 109 Å². The van der Waals surface area contributed by atoms with Crippen molar-refractivity contribution >= 4 is 17.7 Å². The van der Waals surface area contributed by atoms with Crippen molar-refractivity contribution in [2.75, 3.05) is 40.2 Å². The highest BCUT2D eigenvalue weighted by Gasteiger charge is 2.30. The summed E-state index contributed by atoms with van der Waals surface area (Å²) in [4.78, 5) is 15.5. The lowest BCUT2D eigenvalue weighted by molar-refractivity contribution is -0.131. The summed E-state index contributed by atoms with van der Waals surface area (Å²) in [7, 11) is 4.90. The molecule has 0 aliphatic carbocycles. The molecule has 1 amide bonds. The van der Waals surface area contributed by atoms with Crippen LogP contribution >= 0.6 is 11.8 Å². The van der Waals surface area contributed by atoms with Crippen molar-refractivity contribution in [1.82, 2.24) is 10.2 Å². The SMILES string of the molecule is CCCCCCCCN(CCCCCCCC)C(=O)C[C@@H]1CSC(c2cc(OC)c(OC)c(OC)c2)N1. The molecular weight excluding hydrogens is 484 g/mol. The molecule has 0 saturated carbocycles. The number of unbranched alkanes of at least 4 members (excludes halogenated alkanes) is 10. The number of thioether (sulfide) groups is 1. The molecule has 0 radical (unpaired) electrons. The number of nitrogens with zero attached hydrogens (tertiary/aromatic N) is 1. The Kier molecular flexibility index (Phi) is 15.9. The zero-order valence-electron chi connectivity index (χ0n) is 24.1. The number of nitrogens with one attached hydrogen (secondary N) is 1. The van der Waals surface area contributed by atoms with E-state index in [-0.39, 0.29) is 11.4 Å². The minimum absolute atomic E-state index is 0.0945. The Hall–Kier alpha value is -1.60. The Morgan fingerprint density at radius 3 is 1.84 bits per heavy atom. The molecule has 1 aromatic carbocycles. The largest absolute Gasteiger partial charge is 0.493 e. The van der Waals surface area contributed by atoms with Gasteiger partial charge in [-0.2, -0.15) is 0 Å². The summed E-state index contributed by atoms with van der Waals surface area (Å²) in [6.07, 6.45) is 15.6. The summed E-state index contributed by atoms with van der Waals surface area (Å²) >= 11 is 1.83. The van der Waals surface area contributed by atoms with E-state index in [0.717, 1.165) is 37.2 Å². The summed E-state index contributed by atoms with van der Waals surface area (Å²) < 4.78 is 16.5. The second-order valence-corrected chi connectivity index (χ2v) is 11.3. The Bertz CT molecular complexity index is 735. The van der Waals surface area contributed by atoms with Crippen molar-refractivity contribution in [3.05, 3.63) is 17.7 Å². The van der Waals surface area contributed by atoms with E-state index in [4.69, 9.17) is 14.2 Å². The molecule has 37 heavy (non-hydrogen) atoms. The molecule has 2 rings (SSSR count). The fraction of sp³-hybridized carbons (Fsp3) is 0.767. The lowest BCUT2D eigenvalue weighted by Crippen LogP contribution is -2.38. The molecular formula is C30H52N2O4S. The van der Waals surface area contributed by atoms with Gasteiger partial charge in [-0.3, -0.25) is 10.1 Å². The lowest BCUT2D eigenvalue weighted by atomic mass is 10.1.